The SMILES string of the molecule is CCNc1ncccc1CN1CCC2CCCCC21. The normalized spacial score (nSPS) is 27.2. The molecule has 1 saturated heterocycles. The molecule has 0 spiro atoms. The van der Waals surface area contributed by atoms with Crippen molar-refractivity contribution >= 4 is 5.82 Å². The van der Waals surface area contributed by atoms with Gasteiger partial charge in [0.25, 0.3) is 0 Å². The standard InChI is InChI=1S/C16H25N3/c1-2-17-16-14(7-5-10-18-16)12-19-11-9-13-6-3-4-8-15(13)19/h5,7,10,13,15H,2-4,6,8-9,11-12H2,1H3,(H,17,18). The Morgan fingerprint density at radius 3 is 3.11 bits per heavy atom. The highest BCUT2D eigenvalue weighted by Gasteiger charge is 2.35. The molecule has 1 aromatic heterocycles. The van der Waals surface area contributed by atoms with Crippen LogP contribution in [0.4, 0.5) is 5.82 Å². The van der Waals surface area contributed by atoms with Crippen molar-refractivity contribution in [2.45, 2.75) is 51.6 Å². The third kappa shape index (κ3) is 2.76. The van der Waals surface area contributed by atoms with E-state index >= 15 is 0 Å². The van der Waals surface area contributed by atoms with Crippen molar-refractivity contribution in [2.24, 2.45) is 5.92 Å². The third-order valence-electron chi connectivity index (χ3n) is 4.73. The summed E-state index contributed by atoms with van der Waals surface area (Å²) < 4.78 is 0. The maximum absolute atomic E-state index is 4.48. The first-order valence-electron chi connectivity index (χ1n) is 7.80. The molecular weight excluding hydrogens is 234 g/mol. The molecule has 3 rings (SSSR count). The average Bonchev–Trinajstić information content (AvgIpc) is 2.85. The van der Waals surface area contributed by atoms with Crippen LogP contribution in [0.5, 0.6) is 0 Å². The van der Waals surface area contributed by atoms with Crippen molar-refractivity contribution in [3.63, 3.8) is 0 Å². The zero-order chi connectivity index (χ0) is 13.1. The monoisotopic (exact) mass is 259 g/mol. The van der Waals surface area contributed by atoms with Crippen LogP contribution in [0.15, 0.2) is 18.3 Å². The van der Waals surface area contributed by atoms with E-state index in [4.69, 9.17) is 0 Å². The molecule has 0 radical (unpaired) electrons. The van der Waals surface area contributed by atoms with Gasteiger partial charge in [0.15, 0.2) is 0 Å². The predicted molar refractivity (Wildman–Crippen MR) is 79.2 cm³/mol. The quantitative estimate of drug-likeness (QED) is 0.899. The van der Waals surface area contributed by atoms with Crippen molar-refractivity contribution in [2.75, 3.05) is 18.4 Å². The molecule has 1 aliphatic heterocycles. The summed E-state index contributed by atoms with van der Waals surface area (Å²) >= 11 is 0. The van der Waals surface area contributed by atoms with E-state index in [1.165, 1.54) is 44.2 Å². The molecule has 104 valence electrons. The Morgan fingerprint density at radius 1 is 1.32 bits per heavy atom. The highest BCUT2D eigenvalue weighted by atomic mass is 15.2. The van der Waals surface area contributed by atoms with Gasteiger partial charge in [0, 0.05) is 30.9 Å². The molecule has 2 unspecified atom stereocenters. The molecule has 1 aliphatic carbocycles. The van der Waals surface area contributed by atoms with E-state index in [9.17, 15) is 0 Å². The molecule has 2 heterocycles. The fourth-order valence-electron chi connectivity index (χ4n) is 3.81. The van der Waals surface area contributed by atoms with Crippen molar-refractivity contribution < 1.29 is 0 Å². The molecule has 19 heavy (non-hydrogen) atoms. The summed E-state index contributed by atoms with van der Waals surface area (Å²) in [5.41, 5.74) is 1.36. The fourth-order valence-corrected chi connectivity index (χ4v) is 3.81. The molecule has 1 saturated carbocycles. The summed E-state index contributed by atoms with van der Waals surface area (Å²) in [4.78, 5) is 7.17. The molecule has 0 amide bonds. The van der Waals surface area contributed by atoms with Crippen LogP contribution >= 0.6 is 0 Å². The first kappa shape index (κ1) is 12.9. The van der Waals surface area contributed by atoms with E-state index < -0.39 is 0 Å². The first-order chi connectivity index (χ1) is 9.38. The lowest BCUT2D eigenvalue weighted by Crippen LogP contribution is -2.34. The topological polar surface area (TPSA) is 28.2 Å². The number of rotatable bonds is 4. The Hall–Kier alpha value is -1.09. The summed E-state index contributed by atoms with van der Waals surface area (Å²) in [6.07, 6.45) is 9.02. The Balaban J connectivity index is 1.71. The molecule has 1 N–H and O–H groups in total. The second-order valence-electron chi connectivity index (χ2n) is 5.91. The van der Waals surface area contributed by atoms with Gasteiger partial charge in [0.2, 0.25) is 0 Å². The zero-order valence-corrected chi connectivity index (χ0v) is 11.9. The Kier molecular flexibility index (Phi) is 4.02. The third-order valence-corrected chi connectivity index (χ3v) is 4.73. The van der Waals surface area contributed by atoms with Crippen molar-refractivity contribution in [1.82, 2.24) is 9.88 Å². The van der Waals surface area contributed by atoms with Crippen molar-refractivity contribution in [1.29, 1.82) is 0 Å². The molecular formula is C16H25N3. The van der Waals surface area contributed by atoms with E-state index in [1.54, 1.807) is 0 Å². The van der Waals surface area contributed by atoms with Gasteiger partial charge in [-0.25, -0.2) is 4.98 Å². The molecule has 2 atom stereocenters. The smallest absolute Gasteiger partial charge is 0.130 e. The minimum absolute atomic E-state index is 0.837. The molecule has 0 bridgehead atoms. The number of anilines is 1. The van der Waals surface area contributed by atoms with Gasteiger partial charge in [-0.1, -0.05) is 18.9 Å². The van der Waals surface area contributed by atoms with Gasteiger partial charge in [-0.15, -0.1) is 0 Å². The Labute approximate surface area is 116 Å². The zero-order valence-electron chi connectivity index (χ0n) is 11.9. The number of nitrogens with zero attached hydrogens (tertiary/aromatic N) is 2. The van der Waals surface area contributed by atoms with Crippen LogP contribution in [0, 0.1) is 5.92 Å². The second-order valence-corrected chi connectivity index (χ2v) is 5.91. The maximum Gasteiger partial charge on any atom is 0.130 e. The minimum atomic E-state index is 0.837. The summed E-state index contributed by atoms with van der Waals surface area (Å²) in [6.45, 7) is 5.41. The largest absolute Gasteiger partial charge is 0.370 e. The number of likely N-dealkylation sites (tertiary alicyclic amines) is 1. The lowest BCUT2D eigenvalue weighted by Gasteiger charge is -2.32. The van der Waals surface area contributed by atoms with Gasteiger partial charge < -0.3 is 5.32 Å². The summed E-state index contributed by atoms with van der Waals surface area (Å²) in [6, 6.07) is 5.12. The van der Waals surface area contributed by atoms with Gasteiger partial charge in [-0.05, 0) is 44.7 Å². The van der Waals surface area contributed by atoms with Gasteiger partial charge in [0.05, 0.1) is 0 Å². The maximum atomic E-state index is 4.48. The van der Waals surface area contributed by atoms with Gasteiger partial charge in [-0.2, -0.15) is 0 Å². The number of aromatic nitrogens is 1. The Morgan fingerprint density at radius 2 is 2.21 bits per heavy atom. The van der Waals surface area contributed by atoms with Crippen LogP contribution in [0.3, 0.4) is 0 Å². The van der Waals surface area contributed by atoms with E-state index in [0.29, 0.717) is 0 Å². The molecule has 1 aromatic rings. The number of pyridine rings is 1. The lowest BCUT2D eigenvalue weighted by atomic mass is 9.85. The molecule has 0 aromatic carbocycles. The summed E-state index contributed by atoms with van der Waals surface area (Å²) in [7, 11) is 0. The van der Waals surface area contributed by atoms with Crippen LogP contribution in [0.2, 0.25) is 0 Å². The summed E-state index contributed by atoms with van der Waals surface area (Å²) in [5.74, 6) is 2.04. The molecule has 2 aliphatic rings. The van der Waals surface area contributed by atoms with Crippen LogP contribution in [0.1, 0.15) is 44.6 Å². The summed E-state index contributed by atoms with van der Waals surface area (Å²) in [5, 5.41) is 3.38. The number of hydrogen-bond acceptors (Lipinski definition) is 3. The second kappa shape index (κ2) is 5.91. The van der Waals surface area contributed by atoms with Crippen LogP contribution in [-0.2, 0) is 6.54 Å². The predicted octanol–water partition coefficient (Wildman–Crippen LogP) is 3.28. The van der Waals surface area contributed by atoms with Crippen molar-refractivity contribution in [3.8, 4) is 0 Å². The van der Waals surface area contributed by atoms with Crippen LogP contribution in [0.25, 0.3) is 0 Å². The minimum Gasteiger partial charge on any atom is -0.370 e. The Bertz CT molecular complexity index is 418. The number of nitrogens with one attached hydrogen (secondary N) is 1. The van der Waals surface area contributed by atoms with Crippen LogP contribution < -0.4 is 5.32 Å². The van der Waals surface area contributed by atoms with Gasteiger partial charge >= 0.3 is 0 Å². The average molecular weight is 259 g/mol. The number of hydrogen-bond donors (Lipinski definition) is 1. The molecule has 3 heteroatoms. The molecule has 2 fully saturated rings. The van der Waals surface area contributed by atoms with Crippen molar-refractivity contribution in [3.05, 3.63) is 23.9 Å². The first-order valence-corrected chi connectivity index (χ1v) is 7.80. The van der Waals surface area contributed by atoms with E-state index in [-0.39, 0.29) is 0 Å². The van der Waals surface area contributed by atoms with Gasteiger partial charge in [0.1, 0.15) is 5.82 Å². The van der Waals surface area contributed by atoms with Gasteiger partial charge in [-0.3, -0.25) is 4.90 Å². The highest BCUT2D eigenvalue weighted by Crippen LogP contribution is 2.37. The van der Waals surface area contributed by atoms with E-state index in [0.717, 1.165) is 30.9 Å². The fraction of sp³-hybridized carbons (Fsp3) is 0.688. The lowest BCUT2D eigenvalue weighted by molar-refractivity contribution is 0.176. The van der Waals surface area contributed by atoms with E-state index in [1.807, 2.05) is 6.20 Å². The van der Waals surface area contributed by atoms with E-state index in [2.05, 4.69) is 34.3 Å². The highest BCUT2D eigenvalue weighted by molar-refractivity contribution is 5.43. The molecule has 3 nitrogen and oxygen atoms in total. The van der Waals surface area contributed by atoms with Crippen LogP contribution in [-0.4, -0.2) is 29.0 Å². The number of fused-ring (bicyclic) bond motifs is 1.